The van der Waals surface area contributed by atoms with Crippen LogP contribution in [0.15, 0.2) is 24.3 Å². The first-order valence-corrected chi connectivity index (χ1v) is 13.6. The van der Waals surface area contributed by atoms with Crippen LogP contribution in [-0.2, 0) is 16.1 Å². The van der Waals surface area contributed by atoms with Crippen molar-refractivity contribution in [3.8, 4) is 0 Å². The molecule has 2 fully saturated rings. The van der Waals surface area contributed by atoms with Crippen LogP contribution in [0.2, 0.25) is 0 Å². The molecule has 2 aromatic rings. The number of nitrogens with one attached hydrogen (secondary N) is 1. The predicted octanol–water partition coefficient (Wildman–Crippen LogP) is 1.86. The van der Waals surface area contributed by atoms with Crippen LogP contribution in [0, 0.1) is 18.8 Å². The largest absolute Gasteiger partial charge is 0.365 e. The van der Waals surface area contributed by atoms with Crippen LogP contribution in [0.3, 0.4) is 0 Å². The van der Waals surface area contributed by atoms with Crippen LogP contribution in [0.1, 0.15) is 68.5 Å². The Labute approximate surface area is 219 Å². The highest BCUT2D eigenvalue weighted by molar-refractivity contribution is 7.15. The van der Waals surface area contributed by atoms with Gasteiger partial charge in [0.05, 0.1) is 11.6 Å². The number of nitrogens with zero attached hydrogens (tertiary/aromatic N) is 4. The fraction of sp³-hybridized carbons (Fsp3) is 0.500. The molecule has 0 bridgehead atoms. The lowest BCUT2D eigenvalue weighted by Crippen LogP contribution is -2.48. The fourth-order valence-corrected chi connectivity index (χ4v) is 6.18. The van der Waals surface area contributed by atoms with Crippen molar-refractivity contribution in [3.63, 3.8) is 0 Å². The van der Waals surface area contributed by atoms with Gasteiger partial charge in [-0.05, 0) is 50.2 Å². The molecule has 37 heavy (non-hydrogen) atoms. The van der Waals surface area contributed by atoms with Crippen molar-refractivity contribution < 1.29 is 19.2 Å². The van der Waals surface area contributed by atoms with Gasteiger partial charge in [-0.1, -0.05) is 24.3 Å². The number of aryl methyl sites for hydroxylation is 1. The molecule has 196 valence electrons. The normalized spacial score (nSPS) is 20.1. The summed E-state index contributed by atoms with van der Waals surface area (Å²) in [6.45, 7) is 6.19. The third kappa shape index (κ3) is 4.97. The van der Waals surface area contributed by atoms with Crippen LogP contribution in [0.25, 0.3) is 0 Å². The second-order valence-corrected chi connectivity index (χ2v) is 10.9. The van der Waals surface area contributed by atoms with E-state index in [9.17, 15) is 19.2 Å². The van der Waals surface area contributed by atoms with Crippen molar-refractivity contribution in [2.75, 3.05) is 26.2 Å². The summed E-state index contributed by atoms with van der Waals surface area (Å²) in [5.74, 6) is -1.57. The van der Waals surface area contributed by atoms with E-state index >= 15 is 0 Å². The minimum absolute atomic E-state index is 0.119. The number of rotatable bonds is 8. The van der Waals surface area contributed by atoms with E-state index in [4.69, 9.17) is 5.73 Å². The molecule has 4 amide bonds. The highest BCUT2D eigenvalue weighted by atomic mass is 32.1. The van der Waals surface area contributed by atoms with Crippen molar-refractivity contribution in [2.24, 2.45) is 17.6 Å². The summed E-state index contributed by atoms with van der Waals surface area (Å²) in [5.41, 5.74) is 7.68. The van der Waals surface area contributed by atoms with Crippen molar-refractivity contribution in [3.05, 3.63) is 51.0 Å². The van der Waals surface area contributed by atoms with Crippen LogP contribution >= 0.6 is 11.3 Å². The average Bonchev–Trinajstić information content (AvgIpc) is 3.50. The van der Waals surface area contributed by atoms with Crippen molar-refractivity contribution in [1.82, 2.24) is 25.2 Å². The molecule has 1 aromatic carbocycles. The zero-order valence-electron chi connectivity index (χ0n) is 21.1. The molecule has 1 saturated carbocycles. The third-order valence-electron chi connectivity index (χ3n) is 7.45. The molecule has 3 N–H and O–H groups in total. The van der Waals surface area contributed by atoms with Crippen LogP contribution in [-0.4, -0.2) is 69.7 Å². The minimum Gasteiger partial charge on any atom is -0.365 e. The standard InChI is InChI=1S/C26H32N6O4S/c1-3-30(26(36)24-28-15(2)21(37-24)22(27)33)14-19(16-9-10-16)23(34)29-20-18-8-5-4-7-17(18)13-31-11-6-12-32(31)25(20)35/h4-5,7-8,16,19-20H,3,6,9-14H2,1-2H3,(H2,27,33)(H,29,34)/t19-,20-/m0/s1. The molecule has 0 unspecified atom stereocenters. The van der Waals surface area contributed by atoms with Crippen LogP contribution in [0.4, 0.5) is 0 Å². The molecule has 5 rings (SSSR count). The summed E-state index contributed by atoms with van der Waals surface area (Å²) in [4.78, 5) is 58.3. The van der Waals surface area contributed by atoms with Gasteiger partial charge < -0.3 is 16.0 Å². The topological polar surface area (TPSA) is 129 Å². The van der Waals surface area contributed by atoms with E-state index in [1.807, 2.05) is 31.2 Å². The van der Waals surface area contributed by atoms with E-state index in [2.05, 4.69) is 15.3 Å². The Morgan fingerprint density at radius 1 is 1.24 bits per heavy atom. The molecule has 2 atom stereocenters. The Bertz CT molecular complexity index is 1240. The number of hydrazine groups is 1. The monoisotopic (exact) mass is 524 g/mol. The van der Waals surface area contributed by atoms with Gasteiger partial charge in [0, 0.05) is 32.7 Å². The number of hydrogen-bond acceptors (Lipinski definition) is 7. The number of nitrogens with two attached hydrogens (primary N) is 1. The second-order valence-electron chi connectivity index (χ2n) is 9.93. The number of hydrogen-bond donors (Lipinski definition) is 2. The third-order valence-corrected chi connectivity index (χ3v) is 8.61. The number of carbonyl (C=O) groups is 4. The molecule has 1 saturated heterocycles. The van der Waals surface area contributed by atoms with Crippen LogP contribution < -0.4 is 11.1 Å². The Hall–Kier alpha value is -3.31. The molecule has 2 aliphatic heterocycles. The molecule has 0 spiro atoms. The van der Waals surface area contributed by atoms with Gasteiger partial charge in [-0.3, -0.25) is 24.2 Å². The van der Waals surface area contributed by atoms with Crippen molar-refractivity contribution >= 4 is 35.0 Å². The Balaban J connectivity index is 1.36. The van der Waals surface area contributed by atoms with Crippen LogP contribution in [0.5, 0.6) is 0 Å². The number of primary amides is 1. The van der Waals surface area contributed by atoms with E-state index in [0.717, 1.165) is 48.3 Å². The van der Waals surface area contributed by atoms with Gasteiger partial charge in [0.2, 0.25) is 5.91 Å². The Morgan fingerprint density at radius 3 is 2.68 bits per heavy atom. The molecule has 11 heteroatoms. The second kappa shape index (κ2) is 10.2. The highest BCUT2D eigenvalue weighted by Gasteiger charge is 2.42. The number of benzene rings is 1. The summed E-state index contributed by atoms with van der Waals surface area (Å²) in [5, 5.41) is 7.07. The van der Waals surface area contributed by atoms with E-state index in [1.165, 1.54) is 0 Å². The molecule has 3 aliphatic rings. The maximum Gasteiger partial charge on any atom is 0.282 e. The molecule has 3 heterocycles. The first kappa shape index (κ1) is 25.3. The van der Waals surface area contributed by atoms with Gasteiger partial charge in [-0.25, -0.2) is 9.99 Å². The zero-order valence-corrected chi connectivity index (χ0v) is 21.9. The van der Waals surface area contributed by atoms with Gasteiger partial charge in [-0.15, -0.1) is 11.3 Å². The van der Waals surface area contributed by atoms with Gasteiger partial charge in [0.15, 0.2) is 5.01 Å². The Morgan fingerprint density at radius 2 is 2.00 bits per heavy atom. The van der Waals surface area contributed by atoms with Crippen molar-refractivity contribution in [2.45, 2.75) is 45.7 Å². The van der Waals surface area contributed by atoms with E-state index in [0.29, 0.717) is 25.3 Å². The van der Waals surface area contributed by atoms with E-state index in [-0.39, 0.29) is 40.1 Å². The minimum atomic E-state index is -0.765. The number of fused-ring (bicyclic) bond motifs is 2. The summed E-state index contributed by atoms with van der Waals surface area (Å²) in [7, 11) is 0. The van der Waals surface area contributed by atoms with Gasteiger partial charge in [0.25, 0.3) is 17.7 Å². The van der Waals surface area contributed by atoms with E-state index in [1.54, 1.807) is 16.8 Å². The number of amides is 4. The first-order valence-electron chi connectivity index (χ1n) is 12.8. The Kier molecular flexibility index (Phi) is 7.00. The SMILES string of the molecule is CCN(C[C@H](C(=O)N[C@@H]1C(=O)N2CCCN2Cc2ccccc21)C1CC1)C(=O)c1nc(C)c(C(N)=O)s1. The molecule has 0 radical (unpaired) electrons. The van der Waals surface area contributed by atoms with Crippen molar-refractivity contribution in [1.29, 1.82) is 0 Å². The summed E-state index contributed by atoms with van der Waals surface area (Å²) in [6, 6.07) is 7.00. The highest BCUT2D eigenvalue weighted by Crippen LogP contribution is 2.38. The van der Waals surface area contributed by atoms with Gasteiger partial charge in [-0.2, -0.15) is 0 Å². The molecular weight excluding hydrogens is 492 g/mol. The zero-order chi connectivity index (χ0) is 26.3. The quantitative estimate of drug-likeness (QED) is 0.542. The maximum absolute atomic E-state index is 13.7. The first-order chi connectivity index (χ1) is 17.8. The smallest absolute Gasteiger partial charge is 0.282 e. The lowest BCUT2D eigenvalue weighted by atomic mass is 9.97. The molecule has 10 nitrogen and oxygen atoms in total. The fourth-order valence-electron chi connectivity index (χ4n) is 5.30. The number of carbonyl (C=O) groups excluding carboxylic acids is 4. The molecule has 1 aliphatic carbocycles. The lowest BCUT2D eigenvalue weighted by Gasteiger charge is -2.29. The van der Waals surface area contributed by atoms with Gasteiger partial charge >= 0.3 is 0 Å². The number of thiazole rings is 1. The summed E-state index contributed by atoms with van der Waals surface area (Å²) in [6.07, 6.45) is 2.71. The summed E-state index contributed by atoms with van der Waals surface area (Å²) >= 11 is 0.979. The lowest BCUT2D eigenvalue weighted by molar-refractivity contribution is -0.148. The summed E-state index contributed by atoms with van der Waals surface area (Å²) < 4.78 is 0. The molecule has 1 aromatic heterocycles. The predicted molar refractivity (Wildman–Crippen MR) is 137 cm³/mol. The van der Waals surface area contributed by atoms with Gasteiger partial charge in [0.1, 0.15) is 10.9 Å². The molecular formula is C26H32N6O4S. The average molecular weight is 525 g/mol. The maximum atomic E-state index is 13.7. The van der Waals surface area contributed by atoms with E-state index < -0.39 is 17.9 Å². The number of aromatic nitrogens is 1.